The van der Waals surface area contributed by atoms with Crippen molar-refractivity contribution in [3.05, 3.63) is 29.3 Å². The van der Waals surface area contributed by atoms with Crippen molar-refractivity contribution < 1.29 is 4.79 Å². The molecular formula is C17H24N2O. The SMILES string of the molecule is CC(C)c1ccc2c(c1)N(C1CCN(C)CC1)C(=O)C2. The van der Waals surface area contributed by atoms with Crippen LogP contribution in [-0.4, -0.2) is 37.0 Å². The third-order valence-corrected chi connectivity index (χ3v) is 4.70. The van der Waals surface area contributed by atoms with E-state index in [1.165, 1.54) is 16.8 Å². The summed E-state index contributed by atoms with van der Waals surface area (Å²) in [7, 11) is 2.16. The lowest BCUT2D eigenvalue weighted by molar-refractivity contribution is -0.118. The van der Waals surface area contributed by atoms with Gasteiger partial charge in [-0.1, -0.05) is 26.0 Å². The molecule has 1 fully saturated rings. The number of likely N-dealkylation sites (tertiary alicyclic amines) is 1. The van der Waals surface area contributed by atoms with Gasteiger partial charge in [0.05, 0.1) is 6.42 Å². The van der Waals surface area contributed by atoms with Gasteiger partial charge in [-0.05, 0) is 56.1 Å². The third kappa shape index (κ3) is 2.35. The zero-order chi connectivity index (χ0) is 14.3. The highest BCUT2D eigenvalue weighted by Gasteiger charge is 2.34. The Bertz CT molecular complexity index is 516. The van der Waals surface area contributed by atoms with E-state index in [0.717, 1.165) is 25.9 Å². The molecule has 0 unspecified atom stereocenters. The normalized spacial score (nSPS) is 20.8. The molecule has 0 aliphatic carbocycles. The molecular weight excluding hydrogens is 248 g/mol. The molecule has 1 aromatic carbocycles. The lowest BCUT2D eigenvalue weighted by Crippen LogP contribution is -2.45. The van der Waals surface area contributed by atoms with Crippen LogP contribution in [0.3, 0.4) is 0 Å². The van der Waals surface area contributed by atoms with Crippen LogP contribution in [0.5, 0.6) is 0 Å². The van der Waals surface area contributed by atoms with Gasteiger partial charge in [0.25, 0.3) is 0 Å². The van der Waals surface area contributed by atoms with Crippen molar-refractivity contribution in [1.29, 1.82) is 0 Å². The van der Waals surface area contributed by atoms with Gasteiger partial charge in [-0.25, -0.2) is 0 Å². The summed E-state index contributed by atoms with van der Waals surface area (Å²) in [5.41, 5.74) is 3.71. The highest BCUT2D eigenvalue weighted by atomic mass is 16.2. The van der Waals surface area contributed by atoms with E-state index < -0.39 is 0 Å². The fraction of sp³-hybridized carbons (Fsp3) is 0.588. The summed E-state index contributed by atoms with van der Waals surface area (Å²) in [4.78, 5) is 16.8. The average molecular weight is 272 g/mol. The van der Waals surface area contributed by atoms with Gasteiger partial charge in [0.1, 0.15) is 0 Å². The molecule has 2 aliphatic heterocycles. The molecule has 0 radical (unpaired) electrons. The van der Waals surface area contributed by atoms with Crippen LogP contribution in [-0.2, 0) is 11.2 Å². The first-order valence-corrected chi connectivity index (χ1v) is 7.69. The molecule has 20 heavy (non-hydrogen) atoms. The summed E-state index contributed by atoms with van der Waals surface area (Å²) in [5.74, 6) is 0.797. The van der Waals surface area contributed by atoms with Crippen molar-refractivity contribution in [2.24, 2.45) is 0 Å². The largest absolute Gasteiger partial charge is 0.309 e. The van der Waals surface area contributed by atoms with Gasteiger partial charge in [0, 0.05) is 11.7 Å². The molecule has 0 bridgehead atoms. The van der Waals surface area contributed by atoms with E-state index in [0.29, 0.717) is 18.4 Å². The topological polar surface area (TPSA) is 23.6 Å². The minimum atomic E-state index is 0.287. The fourth-order valence-electron chi connectivity index (χ4n) is 3.35. The summed E-state index contributed by atoms with van der Waals surface area (Å²) in [6.07, 6.45) is 2.77. The highest BCUT2D eigenvalue weighted by Crippen LogP contribution is 2.35. The van der Waals surface area contributed by atoms with E-state index in [9.17, 15) is 4.79 Å². The van der Waals surface area contributed by atoms with Gasteiger partial charge >= 0.3 is 0 Å². The Morgan fingerprint density at radius 1 is 1.20 bits per heavy atom. The van der Waals surface area contributed by atoms with Crippen LogP contribution in [0.15, 0.2) is 18.2 Å². The van der Waals surface area contributed by atoms with Gasteiger partial charge in [-0.2, -0.15) is 0 Å². The van der Waals surface area contributed by atoms with Crippen LogP contribution in [0.2, 0.25) is 0 Å². The number of anilines is 1. The van der Waals surface area contributed by atoms with Crippen molar-refractivity contribution in [2.45, 2.75) is 45.1 Å². The molecule has 1 aromatic rings. The number of carbonyl (C=O) groups is 1. The van der Waals surface area contributed by atoms with Gasteiger partial charge in [-0.15, -0.1) is 0 Å². The monoisotopic (exact) mass is 272 g/mol. The highest BCUT2D eigenvalue weighted by molar-refractivity contribution is 6.02. The number of fused-ring (bicyclic) bond motifs is 1. The number of benzene rings is 1. The van der Waals surface area contributed by atoms with Gasteiger partial charge < -0.3 is 9.80 Å². The van der Waals surface area contributed by atoms with Crippen LogP contribution in [0, 0.1) is 0 Å². The fourth-order valence-corrected chi connectivity index (χ4v) is 3.35. The van der Waals surface area contributed by atoms with E-state index in [2.05, 4.69) is 48.9 Å². The Balaban J connectivity index is 1.90. The molecule has 3 rings (SSSR count). The lowest BCUT2D eigenvalue weighted by Gasteiger charge is -2.35. The molecule has 3 nitrogen and oxygen atoms in total. The Morgan fingerprint density at radius 2 is 1.90 bits per heavy atom. The molecule has 0 N–H and O–H groups in total. The van der Waals surface area contributed by atoms with Crippen LogP contribution < -0.4 is 4.90 Å². The molecule has 0 atom stereocenters. The smallest absolute Gasteiger partial charge is 0.231 e. The van der Waals surface area contributed by atoms with E-state index in [4.69, 9.17) is 0 Å². The maximum Gasteiger partial charge on any atom is 0.231 e. The first kappa shape index (κ1) is 13.6. The predicted molar refractivity (Wildman–Crippen MR) is 82.2 cm³/mol. The number of nitrogens with zero attached hydrogens (tertiary/aromatic N) is 2. The van der Waals surface area contributed by atoms with Gasteiger partial charge in [0.2, 0.25) is 5.91 Å². The van der Waals surface area contributed by atoms with Gasteiger partial charge in [-0.3, -0.25) is 4.79 Å². The summed E-state index contributed by atoms with van der Waals surface area (Å²) >= 11 is 0. The molecule has 3 heteroatoms. The molecule has 108 valence electrons. The zero-order valence-electron chi connectivity index (χ0n) is 12.7. The second-order valence-electron chi connectivity index (χ2n) is 6.52. The molecule has 2 heterocycles. The van der Waals surface area contributed by atoms with Crippen molar-refractivity contribution in [3.63, 3.8) is 0 Å². The average Bonchev–Trinajstić information content (AvgIpc) is 2.75. The minimum Gasteiger partial charge on any atom is -0.309 e. The Kier molecular flexibility index (Phi) is 3.55. The number of amides is 1. The third-order valence-electron chi connectivity index (χ3n) is 4.70. The number of piperidine rings is 1. The Hall–Kier alpha value is -1.35. The van der Waals surface area contributed by atoms with Crippen LogP contribution >= 0.6 is 0 Å². The lowest BCUT2D eigenvalue weighted by atomic mass is 9.99. The van der Waals surface area contributed by atoms with E-state index in [-0.39, 0.29) is 5.91 Å². The summed E-state index contributed by atoms with van der Waals surface area (Å²) < 4.78 is 0. The second-order valence-corrected chi connectivity index (χ2v) is 6.52. The van der Waals surface area contributed by atoms with Gasteiger partial charge in [0.15, 0.2) is 0 Å². The van der Waals surface area contributed by atoms with Crippen LogP contribution in [0.1, 0.15) is 43.7 Å². The number of hydrogen-bond acceptors (Lipinski definition) is 2. The van der Waals surface area contributed by atoms with Crippen LogP contribution in [0.4, 0.5) is 5.69 Å². The van der Waals surface area contributed by atoms with Crippen LogP contribution in [0.25, 0.3) is 0 Å². The minimum absolute atomic E-state index is 0.287. The maximum atomic E-state index is 12.4. The quantitative estimate of drug-likeness (QED) is 0.826. The summed E-state index contributed by atoms with van der Waals surface area (Å²) in [6.45, 7) is 6.60. The first-order chi connectivity index (χ1) is 9.56. The maximum absolute atomic E-state index is 12.4. The van der Waals surface area contributed by atoms with Crippen molar-refractivity contribution in [2.75, 3.05) is 25.0 Å². The summed E-state index contributed by atoms with van der Waals surface area (Å²) in [6, 6.07) is 6.96. The van der Waals surface area contributed by atoms with E-state index >= 15 is 0 Å². The molecule has 1 amide bonds. The van der Waals surface area contributed by atoms with Crippen molar-refractivity contribution in [1.82, 2.24) is 4.90 Å². The molecule has 0 aromatic heterocycles. The first-order valence-electron chi connectivity index (χ1n) is 7.69. The predicted octanol–water partition coefficient (Wildman–Crippen LogP) is 2.79. The molecule has 0 spiro atoms. The number of rotatable bonds is 2. The Labute approximate surface area is 121 Å². The molecule has 0 saturated carbocycles. The molecule has 2 aliphatic rings. The second kappa shape index (κ2) is 5.21. The number of hydrogen-bond donors (Lipinski definition) is 0. The van der Waals surface area contributed by atoms with Crippen molar-refractivity contribution >= 4 is 11.6 Å². The number of carbonyl (C=O) groups excluding carboxylic acids is 1. The zero-order valence-corrected chi connectivity index (χ0v) is 12.7. The molecule has 1 saturated heterocycles. The standard InChI is InChI=1S/C17H24N2O/c1-12(2)13-4-5-14-11-17(20)19(16(14)10-13)15-6-8-18(3)9-7-15/h4-5,10,12,15H,6-9,11H2,1-3H3. The van der Waals surface area contributed by atoms with E-state index in [1.807, 2.05) is 0 Å². The summed E-state index contributed by atoms with van der Waals surface area (Å²) in [5, 5.41) is 0. The van der Waals surface area contributed by atoms with E-state index in [1.54, 1.807) is 0 Å². The van der Waals surface area contributed by atoms with Crippen molar-refractivity contribution in [3.8, 4) is 0 Å². The Morgan fingerprint density at radius 3 is 2.55 bits per heavy atom.